The van der Waals surface area contributed by atoms with Crippen LogP contribution in [0.15, 0.2) is 39.4 Å². The molecule has 1 heterocycles. The van der Waals surface area contributed by atoms with Gasteiger partial charge in [-0.1, -0.05) is 17.7 Å². The van der Waals surface area contributed by atoms with E-state index in [2.05, 4.69) is 42.2 Å². The molecule has 2 N–H and O–H groups in total. The van der Waals surface area contributed by atoms with Crippen LogP contribution in [0.25, 0.3) is 0 Å². The monoisotopic (exact) mass is 404 g/mol. The van der Waals surface area contributed by atoms with Gasteiger partial charge in [0, 0.05) is 15.1 Å². The zero-order valence-electron chi connectivity index (χ0n) is 9.32. The zero-order chi connectivity index (χ0) is 14.0. The predicted molar refractivity (Wildman–Crippen MR) is 81.3 cm³/mol. The highest BCUT2D eigenvalue weighted by Crippen LogP contribution is 2.34. The second kappa shape index (κ2) is 5.90. The zero-order valence-corrected chi connectivity index (χ0v) is 13.3. The van der Waals surface area contributed by atoms with Crippen LogP contribution in [0.5, 0.6) is 0 Å². The van der Waals surface area contributed by atoms with Crippen LogP contribution < -0.4 is 5.32 Å². The van der Waals surface area contributed by atoms with Gasteiger partial charge in [-0.3, -0.25) is 0 Å². The molecule has 0 aliphatic carbocycles. The van der Waals surface area contributed by atoms with Crippen LogP contribution in [0, 0.1) is 0 Å². The third-order valence-electron chi connectivity index (χ3n) is 2.29. The van der Waals surface area contributed by atoms with E-state index in [1.807, 2.05) is 18.2 Å². The van der Waals surface area contributed by atoms with Gasteiger partial charge in [-0.05, 0) is 50.1 Å². The van der Waals surface area contributed by atoms with Crippen molar-refractivity contribution in [1.29, 1.82) is 0 Å². The Labute approximate surface area is 131 Å². The van der Waals surface area contributed by atoms with Crippen molar-refractivity contribution < 1.29 is 9.90 Å². The van der Waals surface area contributed by atoms with Gasteiger partial charge in [0.2, 0.25) is 0 Å². The molecule has 7 heteroatoms. The number of nitrogens with one attached hydrogen (secondary N) is 1. The first-order valence-corrected chi connectivity index (χ1v) is 7.05. The summed E-state index contributed by atoms with van der Waals surface area (Å²) in [6, 6.07) is 6.96. The van der Waals surface area contributed by atoms with Crippen molar-refractivity contribution in [3.8, 4) is 0 Å². The first-order valence-electron chi connectivity index (χ1n) is 5.09. The van der Waals surface area contributed by atoms with Gasteiger partial charge in [-0.2, -0.15) is 0 Å². The summed E-state index contributed by atoms with van der Waals surface area (Å²) in [5.74, 6) is -0.678. The van der Waals surface area contributed by atoms with Crippen LogP contribution in [0.1, 0.15) is 10.4 Å². The fourth-order valence-electron chi connectivity index (χ4n) is 1.38. The summed E-state index contributed by atoms with van der Waals surface area (Å²) in [6.45, 7) is 0. The molecular weight excluding hydrogens is 399 g/mol. The largest absolute Gasteiger partial charge is 0.478 e. The van der Waals surface area contributed by atoms with E-state index in [0.29, 0.717) is 5.82 Å². The Morgan fingerprint density at radius 1 is 1.32 bits per heavy atom. The normalized spacial score (nSPS) is 10.3. The van der Waals surface area contributed by atoms with Crippen molar-refractivity contribution in [3.63, 3.8) is 0 Å². The van der Waals surface area contributed by atoms with Gasteiger partial charge in [-0.25, -0.2) is 9.78 Å². The lowest BCUT2D eigenvalue weighted by atomic mass is 10.2. The molecule has 0 saturated heterocycles. The predicted octanol–water partition coefficient (Wildman–Crippen LogP) is 4.70. The van der Waals surface area contributed by atoms with E-state index in [4.69, 9.17) is 16.7 Å². The van der Waals surface area contributed by atoms with Crippen LogP contribution in [-0.2, 0) is 0 Å². The number of pyridine rings is 1. The molecule has 0 saturated carbocycles. The molecule has 0 amide bonds. The number of hydrogen-bond donors (Lipinski definition) is 2. The molecule has 4 nitrogen and oxygen atoms in total. The van der Waals surface area contributed by atoms with Crippen molar-refractivity contribution in [2.75, 3.05) is 5.32 Å². The van der Waals surface area contributed by atoms with Crippen LogP contribution in [0.3, 0.4) is 0 Å². The Hall–Kier alpha value is -1.11. The minimum absolute atomic E-state index is 0.0433. The third-order valence-corrected chi connectivity index (χ3v) is 3.90. The lowest BCUT2D eigenvalue weighted by Gasteiger charge is -2.11. The molecule has 1 aromatic heterocycles. The lowest BCUT2D eigenvalue weighted by Crippen LogP contribution is -2.01. The van der Waals surface area contributed by atoms with Crippen molar-refractivity contribution in [2.24, 2.45) is 0 Å². The Balaban J connectivity index is 2.36. The number of benzene rings is 1. The number of carboxylic acids is 1. The average Bonchev–Trinajstić information content (AvgIpc) is 2.35. The SMILES string of the molecule is O=C(O)c1cnc(Nc2c(Br)cccc2Br)c(Cl)c1. The molecule has 19 heavy (non-hydrogen) atoms. The minimum atomic E-state index is -1.07. The number of rotatable bonds is 3. The highest BCUT2D eigenvalue weighted by Gasteiger charge is 2.11. The molecule has 98 valence electrons. The topological polar surface area (TPSA) is 62.2 Å². The molecule has 1 aromatic carbocycles. The number of carbonyl (C=O) groups is 1. The Kier molecular flexibility index (Phi) is 4.44. The number of aromatic nitrogens is 1. The van der Waals surface area contributed by atoms with Crippen LogP contribution in [-0.4, -0.2) is 16.1 Å². The smallest absolute Gasteiger partial charge is 0.337 e. The van der Waals surface area contributed by atoms with Crippen LogP contribution in [0.4, 0.5) is 11.5 Å². The molecule has 0 atom stereocenters. The van der Waals surface area contributed by atoms with Crippen LogP contribution >= 0.6 is 43.5 Å². The van der Waals surface area contributed by atoms with Crippen LogP contribution in [0.2, 0.25) is 5.02 Å². The summed E-state index contributed by atoms with van der Waals surface area (Å²) in [5, 5.41) is 12.1. The standard InChI is InChI=1S/C12H7Br2ClN2O2/c13-7-2-1-3-8(14)10(7)17-11-9(15)4-6(5-16-11)12(18)19/h1-5H,(H,16,17)(H,18,19). The van der Waals surface area contributed by atoms with Crippen molar-refractivity contribution in [2.45, 2.75) is 0 Å². The Morgan fingerprint density at radius 2 is 1.95 bits per heavy atom. The molecule has 0 aliphatic heterocycles. The van der Waals surface area contributed by atoms with E-state index in [0.717, 1.165) is 14.6 Å². The van der Waals surface area contributed by atoms with Gasteiger partial charge in [-0.15, -0.1) is 0 Å². The summed E-state index contributed by atoms with van der Waals surface area (Å²) in [5.41, 5.74) is 0.807. The van der Waals surface area contributed by atoms with Gasteiger partial charge in [0.15, 0.2) is 0 Å². The van der Waals surface area contributed by atoms with Crippen molar-refractivity contribution in [1.82, 2.24) is 4.98 Å². The Morgan fingerprint density at radius 3 is 2.47 bits per heavy atom. The van der Waals surface area contributed by atoms with Crippen molar-refractivity contribution >= 4 is 60.9 Å². The average molecular weight is 406 g/mol. The number of para-hydroxylation sites is 1. The molecule has 0 unspecified atom stereocenters. The molecule has 0 fully saturated rings. The molecule has 0 bridgehead atoms. The molecule has 0 spiro atoms. The fourth-order valence-corrected chi connectivity index (χ4v) is 2.79. The van der Waals surface area contributed by atoms with E-state index in [1.54, 1.807) is 0 Å². The van der Waals surface area contributed by atoms with Gasteiger partial charge < -0.3 is 10.4 Å². The fraction of sp³-hybridized carbons (Fsp3) is 0. The quantitative estimate of drug-likeness (QED) is 0.776. The van der Waals surface area contributed by atoms with E-state index in [-0.39, 0.29) is 10.6 Å². The van der Waals surface area contributed by atoms with E-state index in [1.165, 1.54) is 12.3 Å². The summed E-state index contributed by atoms with van der Waals surface area (Å²) < 4.78 is 1.67. The number of halogens is 3. The lowest BCUT2D eigenvalue weighted by molar-refractivity contribution is 0.0696. The number of hydrogen-bond acceptors (Lipinski definition) is 3. The van der Waals surface area contributed by atoms with Gasteiger partial charge in [0.05, 0.1) is 16.3 Å². The maximum atomic E-state index is 10.8. The maximum absolute atomic E-state index is 10.8. The second-order valence-electron chi connectivity index (χ2n) is 3.58. The second-order valence-corrected chi connectivity index (χ2v) is 5.70. The Bertz CT molecular complexity index is 629. The molecule has 2 rings (SSSR count). The molecule has 2 aromatic rings. The third kappa shape index (κ3) is 3.26. The minimum Gasteiger partial charge on any atom is -0.478 e. The molecular formula is C12H7Br2ClN2O2. The number of anilines is 2. The molecule has 0 aliphatic rings. The van der Waals surface area contributed by atoms with Crippen molar-refractivity contribution in [3.05, 3.63) is 50.0 Å². The number of aromatic carboxylic acids is 1. The highest BCUT2D eigenvalue weighted by atomic mass is 79.9. The first-order chi connectivity index (χ1) is 8.99. The van der Waals surface area contributed by atoms with E-state index in [9.17, 15) is 4.79 Å². The van der Waals surface area contributed by atoms with Gasteiger partial charge >= 0.3 is 5.97 Å². The number of carboxylic acid groups (broad SMARTS) is 1. The summed E-state index contributed by atoms with van der Waals surface area (Å²) >= 11 is 12.8. The summed E-state index contributed by atoms with van der Waals surface area (Å²) in [4.78, 5) is 14.8. The van der Waals surface area contributed by atoms with Gasteiger partial charge in [0.25, 0.3) is 0 Å². The molecule has 0 radical (unpaired) electrons. The maximum Gasteiger partial charge on any atom is 0.337 e. The number of nitrogens with zero attached hydrogens (tertiary/aromatic N) is 1. The van der Waals surface area contributed by atoms with E-state index >= 15 is 0 Å². The first kappa shape index (κ1) is 14.3. The summed E-state index contributed by atoms with van der Waals surface area (Å²) in [6.07, 6.45) is 1.25. The van der Waals surface area contributed by atoms with Gasteiger partial charge in [0.1, 0.15) is 5.82 Å². The van der Waals surface area contributed by atoms with E-state index < -0.39 is 5.97 Å². The summed E-state index contributed by atoms with van der Waals surface area (Å²) in [7, 11) is 0. The highest BCUT2D eigenvalue weighted by molar-refractivity contribution is 9.11.